The van der Waals surface area contributed by atoms with Crippen LogP contribution in [0.4, 0.5) is 0 Å². The summed E-state index contributed by atoms with van der Waals surface area (Å²) in [5, 5.41) is 8.55. The molecule has 2 atom stereocenters. The summed E-state index contributed by atoms with van der Waals surface area (Å²) in [4.78, 5) is 16.7. The Kier molecular flexibility index (Phi) is 3.65. The van der Waals surface area contributed by atoms with Crippen LogP contribution in [0.15, 0.2) is 36.7 Å². The van der Waals surface area contributed by atoms with Crippen molar-refractivity contribution in [3.05, 3.63) is 42.2 Å². The van der Waals surface area contributed by atoms with Crippen LogP contribution >= 0.6 is 0 Å². The van der Waals surface area contributed by atoms with E-state index in [4.69, 9.17) is 9.47 Å². The van der Waals surface area contributed by atoms with Crippen LogP contribution in [-0.2, 0) is 4.79 Å². The average Bonchev–Trinajstić information content (AvgIpc) is 3.38. The van der Waals surface area contributed by atoms with Crippen molar-refractivity contribution in [2.45, 2.75) is 43.8 Å². The molecule has 0 aliphatic carbocycles. The fourth-order valence-corrected chi connectivity index (χ4v) is 4.38. The fraction of sp³-hybridized carbons (Fsp3) is 0.421. The molecule has 1 aromatic carbocycles. The van der Waals surface area contributed by atoms with E-state index in [0.29, 0.717) is 6.04 Å². The number of fused-ring (bicyclic) bond motifs is 3. The summed E-state index contributed by atoms with van der Waals surface area (Å²) >= 11 is 0. The number of carbonyl (C=O) groups excluding carboxylic acids is 1. The molecular weight excluding hydrogens is 332 g/mol. The highest BCUT2D eigenvalue weighted by Gasteiger charge is 2.43. The largest absolute Gasteiger partial charge is 0.454 e. The molecule has 7 nitrogen and oxygen atoms in total. The van der Waals surface area contributed by atoms with Gasteiger partial charge in [-0.2, -0.15) is 15.0 Å². The van der Waals surface area contributed by atoms with Crippen LogP contribution in [0.2, 0.25) is 0 Å². The highest BCUT2D eigenvalue weighted by atomic mass is 16.7. The summed E-state index contributed by atoms with van der Waals surface area (Å²) < 4.78 is 10.7. The molecule has 0 spiro atoms. The molecule has 4 heterocycles. The van der Waals surface area contributed by atoms with Crippen molar-refractivity contribution in [3.8, 4) is 11.5 Å². The van der Waals surface area contributed by atoms with Crippen LogP contribution in [0.1, 0.15) is 37.3 Å². The Hall–Kier alpha value is -2.83. The number of benzene rings is 1. The smallest absolute Gasteiger partial charge is 0.247 e. The molecule has 0 saturated carbocycles. The molecular formula is C19H20N4O3. The molecule has 2 unspecified atom stereocenters. The van der Waals surface area contributed by atoms with Crippen molar-refractivity contribution in [2.75, 3.05) is 6.79 Å². The Morgan fingerprint density at radius 2 is 1.77 bits per heavy atom. The first-order valence-corrected chi connectivity index (χ1v) is 9.04. The first-order valence-electron chi connectivity index (χ1n) is 9.04. The SMILES string of the molecule is O=C(/C=C/c1ccc2c(c1)OCO2)N1C2CCC1CC(n1nccn1)C2. The number of carbonyl (C=O) groups is 1. The predicted molar refractivity (Wildman–Crippen MR) is 93.5 cm³/mol. The van der Waals surface area contributed by atoms with E-state index in [0.717, 1.165) is 42.7 Å². The van der Waals surface area contributed by atoms with Gasteiger partial charge in [-0.1, -0.05) is 6.07 Å². The van der Waals surface area contributed by atoms with Gasteiger partial charge >= 0.3 is 0 Å². The quantitative estimate of drug-likeness (QED) is 0.794. The third kappa shape index (κ3) is 2.64. The minimum absolute atomic E-state index is 0.0852. The zero-order valence-corrected chi connectivity index (χ0v) is 14.3. The molecule has 2 aromatic rings. The Morgan fingerprint density at radius 1 is 1.04 bits per heavy atom. The molecule has 3 aliphatic heterocycles. The van der Waals surface area contributed by atoms with Gasteiger partial charge in [0.2, 0.25) is 12.7 Å². The Labute approximate surface area is 151 Å². The molecule has 5 rings (SSSR count). The first kappa shape index (κ1) is 15.4. The number of rotatable bonds is 3. The lowest BCUT2D eigenvalue weighted by Crippen LogP contribution is -2.46. The maximum Gasteiger partial charge on any atom is 0.247 e. The van der Waals surface area contributed by atoms with E-state index < -0.39 is 0 Å². The van der Waals surface area contributed by atoms with Crippen molar-refractivity contribution in [1.82, 2.24) is 19.9 Å². The molecule has 1 aromatic heterocycles. The lowest BCUT2D eigenvalue weighted by molar-refractivity contribution is -0.130. The number of aromatic nitrogens is 3. The van der Waals surface area contributed by atoms with E-state index in [1.54, 1.807) is 23.3 Å². The second-order valence-corrected chi connectivity index (χ2v) is 7.05. The standard InChI is InChI=1S/C19H20N4O3/c24-19(6-2-13-1-5-17-18(9-13)26-12-25-17)22-14-3-4-15(22)11-16(10-14)23-20-7-8-21-23/h1-2,5-9,14-16H,3-4,10-12H2/b6-2+. The van der Waals surface area contributed by atoms with Gasteiger partial charge in [0.1, 0.15) is 0 Å². The topological polar surface area (TPSA) is 69.5 Å². The monoisotopic (exact) mass is 352 g/mol. The predicted octanol–water partition coefficient (Wildman–Crippen LogP) is 2.41. The molecule has 2 bridgehead atoms. The summed E-state index contributed by atoms with van der Waals surface area (Å²) in [6, 6.07) is 6.55. The molecule has 2 fully saturated rings. The summed E-state index contributed by atoms with van der Waals surface area (Å²) in [5.41, 5.74) is 0.936. The van der Waals surface area contributed by atoms with Crippen LogP contribution in [0.5, 0.6) is 11.5 Å². The van der Waals surface area contributed by atoms with Gasteiger partial charge in [0, 0.05) is 18.2 Å². The highest BCUT2D eigenvalue weighted by Crippen LogP contribution is 2.40. The highest BCUT2D eigenvalue weighted by molar-refractivity contribution is 5.92. The molecule has 7 heteroatoms. The second kappa shape index (κ2) is 6.16. The third-order valence-corrected chi connectivity index (χ3v) is 5.54. The minimum Gasteiger partial charge on any atom is -0.454 e. The van der Waals surface area contributed by atoms with Gasteiger partial charge in [0.15, 0.2) is 11.5 Å². The van der Waals surface area contributed by atoms with Crippen molar-refractivity contribution in [2.24, 2.45) is 0 Å². The van der Waals surface area contributed by atoms with Gasteiger partial charge in [0.05, 0.1) is 18.4 Å². The number of hydrogen-bond donors (Lipinski definition) is 0. The lowest BCUT2D eigenvalue weighted by Gasteiger charge is -2.38. The number of ether oxygens (including phenoxy) is 2. The molecule has 0 N–H and O–H groups in total. The van der Waals surface area contributed by atoms with E-state index in [-0.39, 0.29) is 24.8 Å². The summed E-state index contributed by atoms with van der Waals surface area (Å²) in [6.45, 7) is 0.255. The van der Waals surface area contributed by atoms with E-state index >= 15 is 0 Å². The van der Waals surface area contributed by atoms with Gasteiger partial charge < -0.3 is 14.4 Å². The number of hydrogen-bond acceptors (Lipinski definition) is 5. The molecule has 1 amide bonds. The molecule has 2 saturated heterocycles. The maximum absolute atomic E-state index is 12.8. The summed E-state index contributed by atoms with van der Waals surface area (Å²) in [5.74, 6) is 1.56. The van der Waals surface area contributed by atoms with Gasteiger partial charge in [-0.3, -0.25) is 4.79 Å². The van der Waals surface area contributed by atoms with E-state index in [1.165, 1.54) is 0 Å². The summed E-state index contributed by atoms with van der Waals surface area (Å²) in [6.07, 6.45) is 10.9. The Bertz CT molecular complexity index is 834. The Balaban J connectivity index is 1.29. The van der Waals surface area contributed by atoms with E-state index in [2.05, 4.69) is 15.1 Å². The van der Waals surface area contributed by atoms with E-state index in [9.17, 15) is 4.79 Å². The van der Waals surface area contributed by atoms with Crippen molar-refractivity contribution in [1.29, 1.82) is 0 Å². The van der Waals surface area contributed by atoms with Crippen LogP contribution in [0.25, 0.3) is 6.08 Å². The van der Waals surface area contributed by atoms with Gasteiger partial charge in [0.25, 0.3) is 0 Å². The maximum atomic E-state index is 12.8. The molecule has 0 radical (unpaired) electrons. The van der Waals surface area contributed by atoms with Crippen LogP contribution in [0, 0.1) is 0 Å². The number of nitrogens with zero attached hydrogens (tertiary/aromatic N) is 4. The van der Waals surface area contributed by atoms with E-state index in [1.807, 2.05) is 24.3 Å². The fourth-order valence-electron chi connectivity index (χ4n) is 4.38. The van der Waals surface area contributed by atoms with Crippen LogP contribution < -0.4 is 9.47 Å². The summed E-state index contributed by atoms with van der Waals surface area (Å²) in [7, 11) is 0. The van der Waals surface area contributed by atoms with Crippen molar-refractivity contribution >= 4 is 12.0 Å². The molecule has 26 heavy (non-hydrogen) atoms. The third-order valence-electron chi connectivity index (χ3n) is 5.54. The molecule has 134 valence electrons. The number of amides is 1. The number of piperidine rings is 1. The van der Waals surface area contributed by atoms with Crippen molar-refractivity contribution < 1.29 is 14.3 Å². The van der Waals surface area contributed by atoms with Gasteiger partial charge in [-0.25, -0.2) is 0 Å². The first-order chi connectivity index (χ1) is 12.8. The Morgan fingerprint density at radius 3 is 2.54 bits per heavy atom. The second-order valence-electron chi connectivity index (χ2n) is 7.05. The average molecular weight is 352 g/mol. The molecule has 3 aliphatic rings. The normalized spacial score (nSPS) is 26.6. The van der Waals surface area contributed by atoms with Gasteiger partial charge in [-0.05, 0) is 49.5 Å². The lowest BCUT2D eigenvalue weighted by atomic mass is 9.97. The van der Waals surface area contributed by atoms with Crippen LogP contribution in [0.3, 0.4) is 0 Å². The van der Waals surface area contributed by atoms with Gasteiger partial charge in [-0.15, -0.1) is 0 Å². The zero-order chi connectivity index (χ0) is 17.5. The zero-order valence-electron chi connectivity index (χ0n) is 14.3. The minimum atomic E-state index is 0.0852. The van der Waals surface area contributed by atoms with Crippen molar-refractivity contribution in [3.63, 3.8) is 0 Å². The van der Waals surface area contributed by atoms with Crippen LogP contribution in [-0.4, -0.2) is 44.7 Å².